The number of amides is 1. The molecule has 0 radical (unpaired) electrons. The number of aryl methyl sites for hydroxylation is 1. The molecule has 29 heavy (non-hydrogen) atoms. The highest BCUT2D eigenvalue weighted by Crippen LogP contribution is 2.26. The average molecular weight is 400 g/mol. The summed E-state index contributed by atoms with van der Waals surface area (Å²) in [6.45, 7) is 3.55. The Morgan fingerprint density at radius 1 is 1.17 bits per heavy atom. The second-order valence-corrected chi connectivity index (χ2v) is 6.76. The molecule has 1 aromatic heterocycles. The fourth-order valence-electron chi connectivity index (χ4n) is 3.40. The van der Waals surface area contributed by atoms with Crippen LogP contribution in [0.25, 0.3) is 11.3 Å². The Bertz CT molecular complexity index is 877. The fraction of sp³-hybridized carbons (Fsp3) is 0.429. The first-order chi connectivity index (χ1) is 14.0. The smallest absolute Gasteiger partial charge is 0.344 e. The molecule has 0 N–H and O–H groups in total. The lowest BCUT2D eigenvalue weighted by Crippen LogP contribution is -2.50. The van der Waals surface area contributed by atoms with Crippen molar-refractivity contribution in [1.82, 2.24) is 10.1 Å². The van der Waals surface area contributed by atoms with Gasteiger partial charge in [-0.05, 0) is 33.1 Å². The molecule has 154 valence electrons. The van der Waals surface area contributed by atoms with Crippen molar-refractivity contribution in [2.45, 2.75) is 39.2 Å². The minimum Gasteiger partial charge on any atom is -0.464 e. The Hall–Kier alpha value is -3.16. The van der Waals surface area contributed by atoms with Gasteiger partial charge in [0.1, 0.15) is 23.1 Å². The average Bonchev–Trinajstić information content (AvgIpc) is 3.14. The van der Waals surface area contributed by atoms with Gasteiger partial charge < -0.3 is 18.9 Å². The molecule has 2 aromatic rings. The first-order valence-electron chi connectivity index (χ1n) is 9.67. The minimum absolute atomic E-state index is 0.185. The number of hydrogen-bond acceptors (Lipinski definition) is 7. The molecule has 0 spiro atoms. The molecule has 1 fully saturated rings. The molecule has 8 nitrogen and oxygen atoms in total. The van der Waals surface area contributed by atoms with Crippen LogP contribution in [0.4, 0.5) is 0 Å². The van der Waals surface area contributed by atoms with E-state index in [-0.39, 0.29) is 12.2 Å². The maximum Gasteiger partial charge on any atom is 0.344 e. The van der Waals surface area contributed by atoms with Crippen molar-refractivity contribution in [2.24, 2.45) is 0 Å². The van der Waals surface area contributed by atoms with E-state index >= 15 is 0 Å². The van der Waals surface area contributed by atoms with Crippen molar-refractivity contribution < 1.29 is 28.4 Å². The fourth-order valence-corrected chi connectivity index (χ4v) is 3.40. The number of carbonyl (C=O) groups excluding carboxylic acids is 3. The normalized spacial score (nSPS) is 16.3. The number of ether oxygens (including phenoxy) is 2. The van der Waals surface area contributed by atoms with Crippen molar-refractivity contribution >= 4 is 17.8 Å². The zero-order valence-corrected chi connectivity index (χ0v) is 16.6. The highest BCUT2D eigenvalue weighted by Gasteiger charge is 2.34. The van der Waals surface area contributed by atoms with Crippen LogP contribution >= 0.6 is 0 Å². The predicted octanol–water partition coefficient (Wildman–Crippen LogP) is 2.75. The number of aromatic nitrogens is 1. The van der Waals surface area contributed by atoms with Gasteiger partial charge in [-0.25, -0.2) is 9.59 Å². The Balaban J connectivity index is 1.68. The van der Waals surface area contributed by atoms with Gasteiger partial charge in [0.15, 0.2) is 6.61 Å². The molecule has 1 amide bonds. The number of piperidine rings is 1. The molecule has 8 heteroatoms. The van der Waals surface area contributed by atoms with Crippen LogP contribution in [0.2, 0.25) is 0 Å². The molecular formula is C21H24N2O6. The van der Waals surface area contributed by atoms with Gasteiger partial charge in [0.2, 0.25) is 0 Å². The van der Waals surface area contributed by atoms with E-state index in [1.54, 1.807) is 26.0 Å². The van der Waals surface area contributed by atoms with Gasteiger partial charge in [-0.2, -0.15) is 0 Å². The molecule has 0 aliphatic carbocycles. The first-order valence-corrected chi connectivity index (χ1v) is 9.67. The molecule has 1 aliphatic heterocycles. The van der Waals surface area contributed by atoms with Crippen molar-refractivity contribution in [3.63, 3.8) is 0 Å². The third-order valence-corrected chi connectivity index (χ3v) is 4.82. The first kappa shape index (κ1) is 20.6. The van der Waals surface area contributed by atoms with Crippen LogP contribution in [-0.4, -0.2) is 53.7 Å². The highest BCUT2D eigenvalue weighted by atomic mass is 16.5. The number of benzene rings is 1. The van der Waals surface area contributed by atoms with E-state index in [0.29, 0.717) is 30.0 Å². The van der Waals surface area contributed by atoms with Crippen LogP contribution in [0.1, 0.15) is 42.3 Å². The van der Waals surface area contributed by atoms with E-state index < -0.39 is 30.5 Å². The number of likely N-dealkylation sites (tertiary alicyclic amines) is 1. The molecule has 0 bridgehead atoms. The van der Waals surface area contributed by atoms with Crippen LogP contribution in [0.3, 0.4) is 0 Å². The quantitative estimate of drug-likeness (QED) is 0.688. The molecule has 0 saturated carbocycles. The SMILES string of the molecule is CCOC(=O)[C@H]1CCCCN1C(=O)COC(=O)c1c(-c2ccccc2)noc1C. The number of carbonyl (C=O) groups is 3. The van der Waals surface area contributed by atoms with Gasteiger partial charge >= 0.3 is 11.9 Å². The van der Waals surface area contributed by atoms with E-state index in [1.807, 2.05) is 18.2 Å². The van der Waals surface area contributed by atoms with Crippen molar-refractivity contribution in [3.05, 3.63) is 41.7 Å². The summed E-state index contributed by atoms with van der Waals surface area (Å²) in [6.07, 6.45) is 2.17. The van der Waals surface area contributed by atoms with E-state index in [1.165, 1.54) is 4.90 Å². The third-order valence-electron chi connectivity index (χ3n) is 4.82. The zero-order chi connectivity index (χ0) is 20.8. The maximum absolute atomic E-state index is 12.6. The minimum atomic E-state index is -0.694. The molecular weight excluding hydrogens is 376 g/mol. The second-order valence-electron chi connectivity index (χ2n) is 6.76. The number of rotatable bonds is 6. The summed E-state index contributed by atoms with van der Waals surface area (Å²) >= 11 is 0. The van der Waals surface area contributed by atoms with Gasteiger partial charge in [-0.3, -0.25) is 4.79 Å². The molecule has 1 saturated heterocycles. The Morgan fingerprint density at radius 3 is 2.66 bits per heavy atom. The van der Waals surface area contributed by atoms with Crippen molar-refractivity contribution in [3.8, 4) is 11.3 Å². The third kappa shape index (κ3) is 4.64. The molecule has 1 aromatic carbocycles. The number of esters is 2. The lowest BCUT2D eigenvalue weighted by Gasteiger charge is -2.33. The van der Waals surface area contributed by atoms with E-state index in [9.17, 15) is 14.4 Å². The summed E-state index contributed by atoms with van der Waals surface area (Å²) in [5.41, 5.74) is 1.26. The van der Waals surface area contributed by atoms with Crippen molar-refractivity contribution in [2.75, 3.05) is 19.8 Å². The zero-order valence-electron chi connectivity index (χ0n) is 16.6. The summed E-state index contributed by atoms with van der Waals surface area (Å²) in [7, 11) is 0. The standard InChI is InChI=1S/C21H24N2O6/c1-3-27-20(25)16-11-7-8-12-23(16)17(24)13-28-21(26)18-14(2)29-22-19(18)15-9-5-4-6-10-15/h4-6,9-10,16H,3,7-8,11-13H2,1-2H3/t16-/m1/s1. The summed E-state index contributed by atoms with van der Waals surface area (Å²) in [5, 5.41) is 3.95. The molecule has 0 unspecified atom stereocenters. The summed E-state index contributed by atoms with van der Waals surface area (Å²) in [5.74, 6) is -1.23. The van der Waals surface area contributed by atoms with Crippen LogP contribution in [-0.2, 0) is 19.1 Å². The van der Waals surface area contributed by atoms with E-state index in [4.69, 9.17) is 14.0 Å². The Kier molecular flexibility index (Phi) is 6.64. The van der Waals surface area contributed by atoms with Crippen LogP contribution < -0.4 is 0 Å². The molecule has 1 aliphatic rings. The molecule has 3 rings (SSSR count). The van der Waals surface area contributed by atoms with Gasteiger partial charge in [0.05, 0.1) is 6.61 Å². The van der Waals surface area contributed by atoms with Gasteiger partial charge in [0, 0.05) is 12.1 Å². The van der Waals surface area contributed by atoms with E-state index in [2.05, 4.69) is 5.16 Å². The number of hydrogen-bond donors (Lipinski definition) is 0. The summed E-state index contributed by atoms with van der Waals surface area (Å²) in [4.78, 5) is 38.9. The summed E-state index contributed by atoms with van der Waals surface area (Å²) in [6, 6.07) is 8.47. The predicted molar refractivity (Wildman–Crippen MR) is 103 cm³/mol. The molecule has 1 atom stereocenters. The highest BCUT2D eigenvalue weighted by molar-refractivity contribution is 5.98. The van der Waals surface area contributed by atoms with Crippen LogP contribution in [0, 0.1) is 6.92 Å². The Morgan fingerprint density at radius 2 is 1.93 bits per heavy atom. The summed E-state index contributed by atoms with van der Waals surface area (Å²) < 4.78 is 15.5. The van der Waals surface area contributed by atoms with Crippen LogP contribution in [0.15, 0.2) is 34.9 Å². The van der Waals surface area contributed by atoms with E-state index in [0.717, 1.165) is 12.8 Å². The van der Waals surface area contributed by atoms with Crippen molar-refractivity contribution in [1.29, 1.82) is 0 Å². The molecule has 2 heterocycles. The monoisotopic (exact) mass is 400 g/mol. The Labute approximate surface area is 168 Å². The van der Waals surface area contributed by atoms with Gasteiger partial charge in [-0.1, -0.05) is 35.5 Å². The van der Waals surface area contributed by atoms with Crippen LogP contribution in [0.5, 0.6) is 0 Å². The van der Waals surface area contributed by atoms with Gasteiger partial charge in [-0.15, -0.1) is 0 Å². The topological polar surface area (TPSA) is 98.9 Å². The lowest BCUT2D eigenvalue weighted by molar-refractivity contribution is -0.157. The lowest BCUT2D eigenvalue weighted by atomic mass is 10.0. The maximum atomic E-state index is 12.6. The largest absolute Gasteiger partial charge is 0.464 e. The number of nitrogens with zero attached hydrogens (tertiary/aromatic N) is 2. The second kappa shape index (κ2) is 9.36. The van der Waals surface area contributed by atoms with Gasteiger partial charge in [0.25, 0.3) is 5.91 Å².